The van der Waals surface area contributed by atoms with Crippen molar-refractivity contribution in [1.29, 1.82) is 0 Å². The summed E-state index contributed by atoms with van der Waals surface area (Å²) < 4.78 is 29.6. The van der Waals surface area contributed by atoms with Gasteiger partial charge in [-0.05, 0) is 81.1 Å². The van der Waals surface area contributed by atoms with Crippen LogP contribution in [0.3, 0.4) is 0 Å². The van der Waals surface area contributed by atoms with Gasteiger partial charge in [-0.1, -0.05) is 30.7 Å². The summed E-state index contributed by atoms with van der Waals surface area (Å²) in [5.41, 5.74) is 2.39. The fourth-order valence-corrected chi connectivity index (χ4v) is 6.16. The lowest BCUT2D eigenvalue weighted by atomic mass is 9.96. The minimum atomic E-state index is -2.84. The highest BCUT2D eigenvalue weighted by Crippen LogP contribution is 2.33. The van der Waals surface area contributed by atoms with Crippen LogP contribution in [0.1, 0.15) is 62.7 Å². The highest BCUT2D eigenvalue weighted by Gasteiger charge is 2.20. The van der Waals surface area contributed by atoms with Gasteiger partial charge in [-0.3, -0.25) is 0 Å². The van der Waals surface area contributed by atoms with E-state index in [1.807, 2.05) is 0 Å². The van der Waals surface area contributed by atoms with Crippen molar-refractivity contribution in [3.8, 4) is 0 Å². The molecule has 2 heterocycles. The zero-order chi connectivity index (χ0) is 20.0. The number of benzene rings is 1. The van der Waals surface area contributed by atoms with E-state index in [1.165, 1.54) is 12.0 Å². The summed E-state index contributed by atoms with van der Waals surface area (Å²) >= 11 is 6.58. The molecule has 2 aliphatic rings. The van der Waals surface area contributed by atoms with Crippen LogP contribution < -0.4 is 0 Å². The molecule has 0 spiro atoms. The fraction of sp³-hybridized carbons (Fsp3) is 0.727. The number of halogens is 1. The van der Waals surface area contributed by atoms with Gasteiger partial charge >= 0.3 is 0 Å². The summed E-state index contributed by atoms with van der Waals surface area (Å²) in [7, 11) is -2.84. The quantitative estimate of drug-likeness (QED) is 0.685. The van der Waals surface area contributed by atoms with Crippen LogP contribution in [0.5, 0.6) is 0 Å². The standard InChI is InChI=1S/C22H34ClNO3S/c1-18(17-24-10-3-5-13-28(25,26)14-6-11-24)15-19-8-9-20(21(23)16-19)22-7-2-4-12-27-22/h8-9,16,18,22H,2-7,10-15,17H2,1H3/t18-,22-/m0/s1. The first kappa shape index (κ1) is 22.1. The van der Waals surface area contributed by atoms with Crippen molar-refractivity contribution in [3.63, 3.8) is 0 Å². The smallest absolute Gasteiger partial charge is 0.150 e. The monoisotopic (exact) mass is 427 g/mol. The van der Waals surface area contributed by atoms with Crippen LogP contribution in [0, 0.1) is 5.92 Å². The maximum Gasteiger partial charge on any atom is 0.150 e. The molecule has 2 fully saturated rings. The first-order valence-electron chi connectivity index (χ1n) is 10.8. The van der Waals surface area contributed by atoms with E-state index in [1.54, 1.807) is 0 Å². The van der Waals surface area contributed by atoms with Gasteiger partial charge in [0.2, 0.25) is 0 Å². The number of hydrogen-bond donors (Lipinski definition) is 0. The fourth-order valence-electron chi connectivity index (χ4n) is 4.41. The molecule has 158 valence electrons. The molecule has 4 nitrogen and oxygen atoms in total. The highest BCUT2D eigenvalue weighted by molar-refractivity contribution is 7.91. The second kappa shape index (κ2) is 10.4. The van der Waals surface area contributed by atoms with Crippen LogP contribution in [-0.2, 0) is 21.0 Å². The molecule has 0 aromatic heterocycles. The zero-order valence-electron chi connectivity index (χ0n) is 17.0. The first-order valence-corrected chi connectivity index (χ1v) is 13.0. The van der Waals surface area contributed by atoms with E-state index in [2.05, 4.69) is 30.0 Å². The van der Waals surface area contributed by atoms with Gasteiger partial charge in [0.25, 0.3) is 0 Å². The van der Waals surface area contributed by atoms with Crippen LogP contribution >= 0.6 is 11.6 Å². The first-order chi connectivity index (χ1) is 13.4. The molecule has 28 heavy (non-hydrogen) atoms. The Kier molecular flexibility index (Phi) is 8.22. The minimum absolute atomic E-state index is 0.147. The number of rotatable bonds is 5. The maximum atomic E-state index is 11.9. The second-order valence-electron chi connectivity index (χ2n) is 8.53. The maximum absolute atomic E-state index is 11.9. The molecule has 0 saturated carbocycles. The van der Waals surface area contributed by atoms with E-state index in [0.29, 0.717) is 17.4 Å². The molecule has 2 saturated heterocycles. The highest BCUT2D eigenvalue weighted by atomic mass is 35.5. The van der Waals surface area contributed by atoms with Gasteiger partial charge < -0.3 is 9.64 Å². The number of sulfone groups is 1. The normalized spacial score (nSPS) is 25.4. The summed E-state index contributed by atoms with van der Waals surface area (Å²) in [4.78, 5) is 2.44. The molecular formula is C22H34ClNO3S. The van der Waals surface area contributed by atoms with E-state index >= 15 is 0 Å². The molecule has 6 heteroatoms. The van der Waals surface area contributed by atoms with Gasteiger partial charge in [-0.15, -0.1) is 0 Å². The van der Waals surface area contributed by atoms with E-state index in [-0.39, 0.29) is 6.10 Å². The number of ether oxygens (including phenoxy) is 1. The molecule has 1 aromatic rings. The molecule has 0 N–H and O–H groups in total. The largest absolute Gasteiger partial charge is 0.373 e. The van der Waals surface area contributed by atoms with Crippen LogP contribution in [0.4, 0.5) is 0 Å². The average molecular weight is 428 g/mol. The summed E-state index contributed by atoms with van der Waals surface area (Å²) in [6, 6.07) is 6.45. The van der Waals surface area contributed by atoms with Crippen molar-refractivity contribution in [2.45, 2.75) is 58.0 Å². The Balaban J connectivity index is 1.53. The lowest BCUT2D eigenvalue weighted by Gasteiger charge is -2.26. The molecule has 0 amide bonds. The van der Waals surface area contributed by atoms with Crippen LogP contribution in [-0.4, -0.2) is 51.1 Å². The predicted molar refractivity (Wildman–Crippen MR) is 116 cm³/mol. The lowest BCUT2D eigenvalue weighted by Crippen LogP contribution is -2.31. The van der Waals surface area contributed by atoms with E-state index in [4.69, 9.17) is 16.3 Å². The van der Waals surface area contributed by atoms with Gasteiger partial charge in [0.05, 0.1) is 17.6 Å². The van der Waals surface area contributed by atoms with Crippen LogP contribution in [0.25, 0.3) is 0 Å². The Morgan fingerprint density at radius 1 is 1.14 bits per heavy atom. The summed E-state index contributed by atoms with van der Waals surface area (Å²) in [5.74, 6) is 1.19. The van der Waals surface area contributed by atoms with Crippen molar-refractivity contribution in [2.75, 3.05) is 37.7 Å². The van der Waals surface area contributed by atoms with Gasteiger partial charge in [0.1, 0.15) is 9.84 Å². The molecule has 3 rings (SSSR count). The van der Waals surface area contributed by atoms with Crippen molar-refractivity contribution in [2.24, 2.45) is 5.92 Å². The molecule has 2 atom stereocenters. The molecule has 0 radical (unpaired) electrons. The number of hydrogen-bond acceptors (Lipinski definition) is 4. The molecule has 0 bridgehead atoms. The van der Waals surface area contributed by atoms with E-state index in [9.17, 15) is 8.42 Å². The van der Waals surface area contributed by atoms with Gasteiger partial charge in [0.15, 0.2) is 0 Å². The summed E-state index contributed by atoms with van der Waals surface area (Å²) in [6.45, 7) is 5.98. The van der Waals surface area contributed by atoms with Crippen molar-refractivity contribution in [1.82, 2.24) is 4.90 Å². The third-order valence-corrected chi connectivity index (χ3v) is 8.00. The topological polar surface area (TPSA) is 46.6 Å². The molecular weight excluding hydrogens is 394 g/mol. The molecule has 0 unspecified atom stereocenters. The van der Waals surface area contributed by atoms with Gasteiger partial charge in [0, 0.05) is 18.2 Å². The van der Waals surface area contributed by atoms with Crippen LogP contribution in [0.15, 0.2) is 18.2 Å². The van der Waals surface area contributed by atoms with E-state index < -0.39 is 9.84 Å². The Morgan fingerprint density at radius 2 is 1.93 bits per heavy atom. The third-order valence-electron chi connectivity index (χ3n) is 5.85. The Morgan fingerprint density at radius 3 is 2.68 bits per heavy atom. The van der Waals surface area contributed by atoms with E-state index in [0.717, 1.165) is 75.4 Å². The molecule has 2 aliphatic heterocycles. The summed E-state index contributed by atoms with van der Waals surface area (Å²) in [5, 5.41) is 0.824. The molecule has 0 aliphatic carbocycles. The van der Waals surface area contributed by atoms with Crippen LogP contribution in [0.2, 0.25) is 5.02 Å². The summed E-state index contributed by atoms with van der Waals surface area (Å²) in [6.07, 6.45) is 7.04. The second-order valence-corrected chi connectivity index (χ2v) is 11.2. The lowest BCUT2D eigenvalue weighted by molar-refractivity contribution is 0.0150. The molecule has 1 aromatic carbocycles. The van der Waals surface area contributed by atoms with Gasteiger partial charge in [-0.25, -0.2) is 8.42 Å². The Labute approximate surface area is 175 Å². The third kappa shape index (κ3) is 6.72. The Hall–Kier alpha value is -0.620. The van der Waals surface area contributed by atoms with Crippen molar-refractivity contribution >= 4 is 21.4 Å². The van der Waals surface area contributed by atoms with Crippen molar-refractivity contribution in [3.05, 3.63) is 34.3 Å². The minimum Gasteiger partial charge on any atom is -0.373 e. The number of nitrogens with zero attached hydrogens (tertiary/aromatic N) is 1. The predicted octanol–water partition coefficient (Wildman–Crippen LogP) is 4.66. The van der Waals surface area contributed by atoms with Gasteiger partial charge in [-0.2, -0.15) is 0 Å². The average Bonchev–Trinajstić information content (AvgIpc) is 2.73. The zero-order valence-corrected chi connectivity index (χ0v) is 18.6. The Bertz CT molecular complexity index is 731. The SMILES string of the molecule is C[C@@H](Cc1ccc([C@@H]2CCCCO2)c(Cl)c1)CN1CCCCS(=O)(=O)CCC1. The van der Waals surface area contributed by atoms with Crippen molar-refractivity contribution < 1.29 is 13.2 Å².